The molecule has 0 aliphatic carbocycles. The molecule has 1 aromatic carbocycles. The van der Waals surface area contributed by atoms with E-state index in [1.807, 2.05) is 4.72 Å². The number of rotatable bonds is 6. The van der Waals surface area contributed by atoms with Crippen molar-refractivity contribution in [1.29, 1.82) is 0 Å². The van der Waals surface area contributed by atoms with Gasteiger partial charge in [-0.1, -0.05) is 26.0 Å². The Labute approximate surface area is 126 Å². The Kier molecular flexibility index (Phi) is 5.39. The van der Waals surface area contributed by atoms with Gasteiger partial charge in [-0.05, 0) is 37.5 Å². The summed E-state index contributed by atoms with van der Waals surface area (Å²) < 4.78 is 29.9. The lowest BCUT2D eigenvalue weighted by atomic mass is 9.84. The molecular weight excluding hydrogens is 290 g/mol. The van der Waals surface area contributed by atoms with Crippen molar-refractivity contribution in [3.05, 3.63) is 29.8 Å². The number of benzene rings is 1. The lowest BCUT2D eigenvalue weighted by Crippen LogP contribution is -2.42. The number of sulfonamides is 1. The Balaban J connectivity index is 2.86. The Hall–Kier alpha value is -1.56. The molecule has 1 rings (SSSR count). The van der Waals surface area contributed by atoms with Crippen LogP contribution in [-0.2, 0) is 20.2 Å². The van der Waals surface area contributed by atoms with E-state index in [-0.39, 0.29) is 0 Å². The minimum atomic E-state index is -3.57. The molecule has 0 saturated heterocycles. The predicted molar refractivity (Wildman–Crippen MR) is 82.8 cm³/mol. The van der Waals surface area contributed by atoms with Crippen LogP contribution in [0.2, 0.25) is 0 Å². The first-order valence-corrected chi connectivity index (χ1v) is 8.67. The van der Waals surface area contributed by atoms with Crippen LogP contribution in [0.3, 0.4) is 0 Å². The molecule has 0 fully saturated rings. The van der Waals surface area contributed by atoms with Crippen LogP contribution < -0.4 is 9.46 Å². The molecule has 21 heavy (non-hydrogen) atoms. The number of carbonyl (C=O) groups excluding carboxylic acids is 1. The SMILES string of the molecule is CC(C)COc1ccc(C(C)(C)C(=O)NS(C)(=O)=O)cc1. The fourth-order valence-corrected chi connectivity index (χ4v) is 2.25. The van der Waals surface area contributed by atoms with E-state index in [2.05, 4.69) is 13.8 Å². The van der Waals surface area contributed by atoms with Crippen LogP contribution in [-0.4, -0.2) is 27.2 Å². The number of amides is 1. The number of carbonyl (C=O) groups is 1. The zero-order valence-corrected chi connectivity index (χ0v) is 14.0. The first-order valence-electron chi connectivity index (χ1n) is 6.78. The zero-order chi connectivity index (χ0) is 16.3. The van der Waals surface area contributed by atoms with Gasteiger partial charge in [-0.25, -0.2) is 8.42 Å². The van der Waals surface area contributed by atoms with E-state index in [1.54, 1.807) is 38.1 Å². The van der Waals surface area contributed by atoms with Crippen molar-refractivity contribution < 1.29 is 17.9 Å². The van der Waals surface area contributed by atoms with Crippen LogP contribution in [0.25, 0.3) is 0 Å². The molecule has 5 nitrogen and oxygen atoms in total. The van der Waals surface area contributed by atoms with Gasteiger partial charge in [0.25, 0.3) is 0 Å². The van der Waals surface area contributed by atoms with E-state index in [9.17, 15) is 13.2 Å². The second-order valence-corrected chi connectivity index (χ2v) is 7.81. The third kappa shape index (κ3) is 5.38. The normalized spacial score (nSPS) is 12.3. The van der Waals surface area contributed by atoms with Crippen LogP contribution in [0.1, 0.15) is 33.3 Å². The molecule has 0 atom stereocenters. The van der Waals surface area contributed by atoms with E-state index in [1.165, 1.54) is 0 Å². The number of hydrogen-bond acceptors (Lipinski definition) is 4. The zero-order valence-electron chi connectivity index (χ0n) is 13.1. The summed E-state index contributed by atoms with van der Waals surface area (Å²) >= 11 is 0. The van der Waals surface area contributed by atoms with Crippen LogP contribution in [0.4, 0.5) is 0 Å². The van der Waals surface area contributed by atoms with Gasteiger partial charge >= 0.3 is 0 Å². The maximum absolute atomic E-state index is 12.1. The summed E-state index contributed by atoms with van der Waals surface area (Å²) in [7, 11) is -3.57. The topological polar surface area (TPSA) is 72.5 Å². The lowest BCUT2D eigenvalue weighted by molar-refractivity contribution is -0.123. The summed E-state index contributed by atoms with van der Waals surface area (Å²) in [5.41, 5.74) is -0.222. The van der Waals surface area contributed by atoms with E-state index in [0.717, 1.165) is 17.6 Å². The lowest BCUT2D eigenvalue weighted by Gasteiger charge is -2.23. The predicted octanol–water partition coefficient (Wildman–Crippen LogP) is 2.07. The van der Waals surface area contributed by atoms with E-state index in [0.29, 0.717) is 12.5 Å². The second-order valence-electron chi connectivity index (χ2n) is 6.06. The van der Waals surface area contributed by atoms with E-state index >= 15 is 0 Å². The van der Waals surface area contributed by atoms with Crippen molar-refractivity contribution >= 4 is 15.9 Å². The quantitative estimate of drug-likeness (QED) is 0.872. The highest BCUT2D eigenvalue weighted by atomic mass is 32.2. The summed E-state index contributed by atoms with van der Waals surface area (Å²) in [5.74, 6) is 0.606. The van der Waals surface area contributed by atoms with Crippen LogP contribution in [0.15, 0.2) is 24.3 Å². The molecule has 1 N–H and O–H groups in total. The van der Waals surface area contributed by atoms with E-state index < -0.39 is 21.3 Å². The molecule has 0 aromatic heterocycles. The summed E-state index contributed by atoms with van der Waals surface area (Å²) in [6.07, 6.45) is 0.962. The maximum Gasteiger partial charge on any atom is 0.243 e. The van der Waals surface area contributed by atoms with Crippen LogP contribution in [0, 0.1) is 5.92 Å². The van der Waals surface area contributed by atoms with Gasteiger partial charge in [-0.2, -0.15) is 0 Å². The Bertz CT molecular complexity index is 589. The summed E-state index contributed by atoms with van der Waals surface area (Å²) in [6, 6.07) is 7.12. The second kappa shape index (κ2) is 6.47. The molecule has 6 heteroatoms. The van der Waals surface area contributed by atoms with Gasteiger partial charge < -0.3 is 4.74 Å². The summed E-state index contributed by atoms with van der Waals surface area (Å²) in [4.78, 5) is 12.1. The Morgan fingerprint density at radius 3 is 2.19 bits per heavy atom. The van der Waals surface area contributed by atoms with Gasteiger partial charge in [-0.15, -0.1) is 0 Å². The monoisotopic (exact) mass is 313 g/mol. The minimum Gasteiger partial charge on any atom is -0.493 e. The van der Waals surface area contributed by atoms with Crippen molar-refractivity contribution in [2.24, 2.45) is 5.92 Å². The number of hydrogen-bond donors (Lipinski definition) is 1. The molecule has 0 aliphatic heterocycles. The minimum absolute atomic E-state index is 0.432. The van der Waals surface area contributed by atoms with Gasteiger partial charge in [-0.3, -0.25) is 9.52 Å². The highest BCUT2D eigenvalue weighted by molar-refractivity contribution is 7.89. The average Bonchev–Trinajstić information content (AvgIpc) is 2.34. The van der Waals surface area contributed by atoms with Crippen molar-refractivity contribution in [3.8, 4) is 5.75 Å². The molecule has 1 aromatic rings. The van der Waals surface area contributed by atoms with Crippen LogP contribution in [0.5, 0.6) is 5.75 Å². The number of nitrogens with one attached hydrogen (secondary N) is 1. The third-order valence-electron chi connectivity index (χ3n) is 3.01. The van der Waals surface area contributed by atoms with E-state index in [4.69, 9.17) is 4.74 Å². The standard InChI is InChI=1S/C15H23NO4S/c1-11(2)10-20-13-8-6-12(7-9-13)15(3,4)14(17)16-21(5,18)19/h6-9,11H,10H2,1-5H3,(H,16,17). The molecule has 118 valence electrons. The van der Waals surface area contributed by atoms with Crippen molar-refractivity contribution in [2.45, 2.75) is 33.1 Å². The summed E-state index contributed by atoms with van der Waals surface area (Å²) in [6.45, 7) is 8.10. The smallest absolute Gasteiger partial charge is 0.243 e. The molecule has 1 amide bonds. The molecule has 0 saturated carbocycles. The first-order chi connectivity index (χ1) is 9.52. The fourth-order valence-electron chi connectivity index (χ4n) is 1.66. The average molecular weight is 313 g/mol. The fraction of sp³-hybridized carbons (Fsp3) is 0.533. The molecular formula is C15H23NO4S. The Morgan fingerprint density at radius 1 is 1.24 bits per heavy atom. The van der Waals surface area contributed by atoms with Crippen molar-refractivity contribution in [2.75, 3.05) is 12.9 Å². The number of ether oxygens (including phenoxy) is 1. The highest BCUT2D eigenvalue weighted by Gasteiger charge is 2.31. The third-order valence-corrected chi connectivity index (χ3v) is 3.56. The Morgan fingerprint density at radius 2 is 1.76 bits per heavy atom. The van der Waals surface area contributed by atoms with Crippen LogP contribution >= 0.6 is 0 Å². The maximum atomic E-state index is 12.1. The molecule has 0 heterocycles. The largest absolute Gasteiger partial charge is 0.493 e. The molecule has 0 unspecified atom stereocenters. The van der Waals surface area contributed by atoms with Crippen molar-refractivity contribution in [1.82, 2.24) is 4.72 Å². The molecule has 0 bridgehead atoms. The summed E-state index contributed by atoms with van der Waals surface area (Å²) in [5, 5.41) is 0. The molecule has 0 aliphatic rings. The van der Waals surface area contributed by atoms with Gasteiger partial charge in [0.15, 0.2) is 0 Å². The molecule has 0 spiro atoms. The molecule has 0 radical (unpaired) electrons. The van der Waals surface area contributed by atoms with Gasteiger partial charge in [0.1, 0.15) is 5.75 Å². The first kappa shape index (κ1) is 17.5. The van der Waals surface area contributed by atoms with Gasteiger partial charge in [0, 0.05) is 0 Å². The van der Waals surface area contributed by atoms with Gasteiger partial charge in [0.05, 0.1) is 18.3 Å². The highest BCUT2D eigenvalue weighted by Crippen LogP contribution is 2.26. The van der Waals surface area contributed by atoms with Gasteiger partial charge in [0.2, 0.25) is 15.9 Å². The van der Waals surface area contributed by atoms with Crippen molar-refractivity contribution in [3.63, 3.8) is 0 Å².